The van der Waals surface area contributed by atoms with Crippen LogP contribution in [0.15, 0.2) is 42.6 Å². The van der Waals surface area contributed by atoms with Gasteiger partial charge in [-0.2, -0.15) is 0 Å². The maximum absolute atomic E-state index is 12.4. The number of hydrogen-bond donors (Lipinski definition) is 1. The van der Waals surface area contributed by atoms with Crippen LogP contribution >= 0.6 is 11.8 Å². The van der Waals surface area contributed by atoms with Gasteiger partial charge in [0.15, 0.2) is 4.75 Å². The number of benzene rings is 1. The van der Waals surface area contributed by atoms with Crippen molar-refractivity contribution in [1.82, 2.24) is 10.3 Å². The van der Waals surface area contributed by atoms with E-state index < -0.39 is 4.75 Å². The van der Waals surface area contributed by atoms with Gasteiger partial charge in [-0.05, 0) is 23.4 Å². The van der Waals surface area contributed by atoms with Gasteiger partial charge in [0.25, 0.3) is 11.1 Å². The Morgan fingerprint density at radius 2 is 1.84 bits per heavy atom. The van der Waals surface area contributed by atoms with Gasteiger partial charge in [-0.1, -0.05) is 30.3 Å². The maximum Gasteiger partial charge on any atom is 0.287 e. The van der Waals surface area contributed by atoms with E-state index in [1.807, 2.05) is 30.3 Å². The Kier molecular flexibility index (Phi) is 1.95. The van der Waals surface area contributed by atoms with Crippen molar-refractivity contribution in [2.75, 3.05) is 0 Å². The lowest BCUT2D eigenvalue weighted by molar-refractivity contribution is -0.120. The first-order chi connectivity index (χ1) is 9.23. The second-order valence-corrected chi connectivity index (χ2v) is 5.66. The normalized spacial score (nSPS) is 23.4. The highest BCUT2D eigenvalue weighted by atomic mass is 32.2. The third-order valence-corrected chi connectivity index (χ3v) is 4.75. The van der Waals surface area contributed by atoms with E-state index in [0.717, 1.165) is 34.1 Å². The molecule has 1 aliphatic carbocycles. The van der Waals surface area contributed by atoms with Crippen LogP contribution in [0, 0.1) is 0 Å². The van der Waals surface area contributed by atoms with Gasteiger partial charge in [0.2, 0.25) is 0 Å². The van der Waals surface area contributed by atoms with Crippen molar-refractivity contribution < 1.29 is 9.59 Å². The summed E-state index contributed by atoms with van der Waals surface area (Å²) in [4.78, 5) is 28.4. The van der Waals surface area contributed by atoms with E-state index in [1.54, 1.807) is 12.3 Å². The highest BCUT2D eigenvalue weighted by molar-refractivity contribution is 8.15. The summed E-state index contributed by atoms with van der Waals surface area (Å²) in [7, 11) is 0. The van der Waals surface area contributed by atoms with Crippen molar-refractivity contribution in [2.45, 2.75) is 4.75 Å². The third-order valence-electron chi connectivity index (χ3n) is 3.53. The molecule has 2 amide bonds. The van der Waals surface area contributed by atoms with E-state index in [2.05, 4.69) is 10.3 Å². The highest BCUT2D eigenvalue weighted by Gasteiger charge is 2.56. The molecule has 0 saturated carbocycles. The second kappa shape index (κ2) is 3.45. The molecule has 4 nitrogen and oxygen atoms in total. The van der Waals surface area contributed by atoms with Gasteiger partial charge in [0.1, 0.15) is 0 Å². The van der Waals surface area contributed by atoms with Gasteiger partial charge in [-0.15, -0.1) is 0 Å². The Labute approximate surface area is 113 Å². The van der Waals surface area contributed by atoms with Crippen molar-refractivity contribution >= 4 is 22.9 Å². The summed E-state index contributed by atoms with van der Waals surface area (Å²) in [6.07, 6.45) is 1.70. The van der Waals surface area contributed by atoms with Gasteiger partial charge >= 0.3 is 0 Å². The van der Waals surface area contributed by atoms with Crippen LogP contribution in [0.1, 0.15) is 11.1 Å². The zero-order chi connectivity index (χ0) is 13.0. The number of hydrogen-bond acceptors (Lipinski definition) is 4. The average Bonchev–Trinajstić information content (AvgIpc) is 2.89. The molecule has 0 radical (unpaired) electrons. The number of nitrogens with one attached hydrogen (secondary N) is 1. The topological polar surface area (TPSA) is 59.1 Å². The minimum absolute atomic E-state index is 0.276. The van der Waals surface area contributed by atoms with Gasteiger partial charge in [-0.25, -0.2) is 0 Å². The van der Waals surface area contributed by atoms with Crippen LogP contribution < -0.4 is 5.32 Å². The Morgan fingerprint density at radius 3 is 2.63 bits per heavy atom. The van der Waals surface area contributed by atoms with E-state index in [0.29, 0.717) is 0 Å². The molecule has 0 bridgehead atoms. The number of amides is 2. The third kappa shape index (κ3) is 1.18. The lowest BCUT2D eigenvalue weighted by Gasteiger charge is -2.20. The first kappa shape index (κ1) is 10.8. The molecule has 1 atom stereocenters. The summed E-state index contributed by atoms with van der Waals surface area (Å²) in [6.45, 7) is 0. The molecule has 5 heteroatoms. The monoisotopic (exact) mass is 268 g/mol. The summed E-state index contributed by atoms with van der Waals surface area (Å²) < 4.78 is -0.961. The van der Waals surface area contributed by atoms with E-state index in [1.165, 1.54) is 0 Å². The van der Waals surface area contributed by atoms with Gasteiger partial charge < -0.3 is 0 Å². The molecule has 2 aliphatic rings. The minimum Gasteiger partial charge on any atom is -0.285 e. The zero-order valence-electron chi connectivity index (χ0n) is 9.71. The quantitative estimate of drug-likeness (QED) is 0.796. The van der Waals surface area contributed by atoms with Gasteiger partial charge in [0.05, 0.1) is 5.69 Å². The molecule has 1 fully saturated rings. The van der Waals surface area contributed by atoms with Crippen molar-refractivity contribution in [1.29, 1.82) is 0 Å². The standard InChI is InChI=1S/C14H8N2O2S/c17-12-14(19-13(18)16-12)9-5-2-1-4-8(9)11-10(14)6-3-7-15-11/h1-7H,(H,16,17,18). The van der Waals surface area contributed by atoms with E-state index >= 15 is 0 Å². The number of carbonyl (C=O) groups is 2. The molecule has 1 unspecified atom stereocenters. The van der Waals surface area contributed by atoms with Crippen LogP contribution in [-0.2, 0) is 9.54 Å². The van der Waals surface area contributed by atoms with Crippen LogP contribution in [0.25, 0.3) is 11.3 Å². The predicted molar refractivity (Wildman–Crippen MR) is 71.6 cm³/mol. The number of nitrogens with zero attached hydrogens (tertiary/aromatic N) is 1. The summed E-state index contributed by atoms with van der Waals surface area (Å²) >= 11 is 1.03. The number of pyridine rings is 1. The SMILES string of the molecule is O=C1NC(=O)C2(S1)c1ccccc1-c1ncccc12. The summed E-state index contributed by atoms with van der Waals surface area (Å²) in [5.41, 5.74) is 3.35. The van der Waals surface area contributed by atoms with Gasteiger partial charge in [-0.3, -0.25) is 19.9 Å². The number of aromatic nitrogens is 1. The van der Waals surface area contributed by atoms with Gasteiger partial charge in [0, 0.05) is 17.3 Å². The second-order valence-electron chi connectivity index (χ2n) is 4.47. The molecule has 2 heterocycles. The van der Waals surface area contributed by atoms with E-state index in [4.69, 9.17) is 0 Å². The molecule has 2 aromatic rings. The molecule has 1 N–H and O–H groups in total. The lowest BCUT2D eigenvalue weighted by atomic mass is 9.95. The minimum atomic E-state index is -0.961. The number of carbonyl (C=O) groups excluding carboxylic acids is 2. The maximum atomic E-state index is 12.4. The van der Waals surface area contributed by atoms with Crippen LogP contribution in [0.4, 0.5) is 4.79 Å². The Hall–Kier alpha value is -2.14. The first-order valence-electron chi connectivity index (χ1n) is 5.83. The Balaban J connectivity index is 2.13. The first-order valence-corrected chi connectivity index (χ1v) is 6.65. The van der Waals surface area contributed by atoms with Crippen molar-refractivity contribution in [3.05, 3.63) is 53.7 Å². The number of imide groups is 1. The molecule has 1 aromatic heterocycles. The number of thioether (sulfide) groups is 1. The van der Waals surface area contributed by atoms with Crippen LogP contribution in [0.3, 0.4) is 0 Å². The van der Waals surface area contributed by atoms with Crippen LogP contribution in [-0.4, -0.2) is 16.1 Å². The highest BCUT2D eigenvalue weighted by Crippen LogP contribution is 2.56. The molecule has 1 saturated heterocycles. The summed E-state index contributed by atoms with van der Waals surface area (Å²) in [5, 5.41) is 2.08. The summed E-state index contributed by atoms with van der Waals surface area (Å²) in [6, 6.07) is 11.3. The zero-order valence-corrected chi connectivity index (χ0v) is 10.5. The molecule has 1 aromatic carbocycles. The molecule has 1 spiro atoms. The fourth-order valence-electron chi connectivity index (χ4n) is 2.79. The molecule has 19 heavy (non-hydrogen) atoms. The largest absolute Gasteiger partial charge is 0.287 e. The average molecular weight is 268 g/mol. The number of rotatable bonds is 0. The van der Waals surface area contributed by atoms with Crippen molar-refractivity contribution in [2.24, 2.45) is 0 Å². The molecule has 92 valence electrons. The Bertz CT molecular complexity index is 696. The summed E-state index contributed by atoms with van der Waals surface area (Å²) in [5.74, 6) is -0.276. The number of fused-ring (bicyclic) bond motifs is 5. The molecule has 4 rings (SSSR count). The molecule has 1 aliphatic heterocycles. The lowest BCUT2D eigenvalue weighted by Crippen LogP contribution is -2.33. The predicted octanol–water partition coefficient (Wildman–Crippen LogP) is 2.29. The van der Waals surface area contributed by atoms with Crippen molar-refractivity contribution in [3.8, 4) is 11.3 Å². The Morgan fingerprint density at radius 1 is 1.05 bits per heavy atom. The van der Waals surface area contributed by atoms with E-state index in [9.17, 15) is 9.59 Å². The fourth-order valence-corrected chi connectivity index (χ4v) is 3.92. The fraction of sp³-hybridized carbons (Fsp3) is 0.0714. The van der Waals surface area contributed by atoms with E-state index in [-0.39, 0.29) is 11.1 Å². The smallest absolute Gasteiger partial charge is 0.285 e. The van der Waals surface area contributed by atoms with Crippen LogP contribution in [0.5, 0.6) is 0 Å². The van der Waals surface area contributed by atoms with Crippen LogP contribution in [0.2, 0.25) is 0 Å². The van der Waals surface area contributed by atoms with Crippen molar-refractivity contribution in [3.63, 3.8) is 0 Å². The molecular weight excluding hydrogens is 260 g/mol. The molecular formula is C14H8N2O2S.